The van der Waals surface area contributed by atoms with E-state index in [-0.39, 0.29) is 17.9 Å². The highest BCUT2D eigenvalue weighted by Gasteiger charge is 2.13. The first-order chi connectivity index (χ1) is 9.85. The van der Waals surface area contributed by atoms with Crippen molar-refractivity contribution in [1.29, 1.82) is 0 Å². The molecule has 0 fully saturated rings. The summed E-state index contributed by atoms with van der Waals surface area (Å²) in [6, 6.07) is 5.18. The van der Waals surface area contributed by atoms with Gasteiger partial charge in [0, 0.05) is 37.8 Å². The first kappa shape index (κ1) is 17.2. The molecule has 0 radical (unpaired) electrons. The molecule has 0 spiro atoms. The number of hydrogen-bond acceptors (Lipinski definition) is 3. The Kier molecular flexibility index (Phi) is 6.37. The highest BCUT2D eigenvalue weighted by atomic mass is 16.2. The molecule has 1 unspecified atom stereocenters. The van der Waals surface area contributed by atoms with Gasteiger partial charge < -0.3 is 16.0 Å². The number of aryl methyl sites for hydroxylation is 1. The van der Waals surface area contributed by atoms with Crippen molar-refractivity contribution in [2.75, 3.05) is 19.4 Å². The zero-order valence-corrected chi connectivity index (χ0v) is 13.3. The number of hydrogen-bond donors (Lipinski definition) is 2. The molecule has 1 aromatic carbocycles. The number of benzene rings is 1. The van der Waals surface area contributed by atoms with Gasteiger partial charge >= 0.3 is 0 Å². The van der Waals surface area contributed by atoms with Crippen LogP contribution in [0.3, 0.4) is 0 Å². The summed E-state index contributed by atoms with van der Waals surface area (Å²) >= 11 is 0. The van der Waals surface area contributed by atoms with E-state index in [1.807, 2.05) is 19.9 Å². The Morgan fingerprint density at radius 1 is 1.33 bits per heavy atom. The molecule has 0 saturated carbocycles. The lowest BCUT2D eigenvalue weighted by Crippen LogP contribution is -2.27. The molecular weight excluding hydrogens is 266 g/mol. The Morgan fingerprint density at radius 3 is 2.57 bits per heavy atom. The summed E-state index contributed by atoms with van der Waals surface area (Å²) in [4.78, 5) is 25.4. The van der Waals surface area contributed by atoms with Gasteiger partial charge in [0.05, 0.1) is 0 Å². The van der Waals surface area contributed by atoms with Gasteiger partial charge in [-0.25, -0.2) is 0 Å². The van der Waals surface area contributed by atoms with E-state index in [0.29, 0.717) is 17.7 Å². The van der Waals surface area contributed by atoms with Crippen LogP contribution < -0.4 is 11.1 Å². The van der Waals surface area contributed by atoms with Crippen LogP contribution in [0.1, 0.15) is 42.1 Å². The molecule has 0 aliphatic rings. The molecule has 2 amide bonds. The van der Waals surface area contributed by atoms with Gasteiger partial charge in [0.15, 0.2) is 0 Å². The predicted molar refractivity (Wildman–Crippen MR) is 85.3 cm³/mol. The Hall–Kier alpha value is -1.88. The van der Waals surface area contributed by atoms with Gasteiger partial charge in [0.2, 0.25) is 5.91 Å². The third-order valence-electron chi connectivity index (χ3n) is 3.27. The number of carbonyl (C=O) groups excluding carboxylic acids is 2. The molecular formula is C16H25N3O2. The van der Waals surface area contributed by atoms with Crippen molar-refractivity contribution in [3.05, 3.63) is 29.3 Å². The van der Waals surface area contributed by atoms with E-state index in [1.54, 1.807) is 26.2 Å². The fourth-order valence-corrected chi connectivity index (χ4v) is 2.06. The van der Waals surface area contributed by atoms with Gasteiger partial charge in [-0.15, -0.1) is 0 Å². The van der Waals surface area contributed by atoms with E-state index in [9.17, 15) is 9.59 Å². The average molecular weight is 291 g/mol. The second-order valence-electron chi connectivity index (χ2n) is 5.53. The van der Waals surface area contributed by atoms with Crippen LogP contribution in [0.5, 0.6) is 0 Å². The first-order valence-electron chi connectivity index (χ1n) is 7.22. The maximum absolute atomic E-state index is 12.0. The minimum atomic E-state index is -0.123. The fourth-order valence-electron chi connectivity index (χ4n) is 2.06. The van der Waals surface area contributed by atoms with Gasteiger partial charge in [-0.2, -0.15) is 0 Å². The molecule has 21 heavy (non-hydrogen) atoms. The zero-order valence-electron chi connectivity index (χ0n) is 13.3. The third-order valence-corrected chi connectivity index (χ3v) is 3.27. The second-order valence-corrected chi connectivity index (χ2v) is 5.53. The fraction of sp³-hybridized carbons (Fsp3) is 0.500. The molecule has 0 aromatic heterocycles. The highest BCUT2D eigenvalue weighted by Crippen LogP contribution is 2.18. The summed E-state index contributed by atoms with van der Waals surface area (Å²) in [7, 11) is 3.40. The summed E-state index contributed by atoms with van der Waals surface area (Å²) in [5.74, 6) is -0.207. The first-order valence-corrected chi connectivity index (χ1v) is 7.22. The van der Waals surface area contributed by atoms with Crippen LogP contribution in [-0.4, -0.2) is 36.9 Å². The standard InChI is InChI=1S/C16H25N3O2/c1-5-6-13(17)10-15(20)18-14-9-12(8-7-11(14)2)16(21)19(3)4/h7-9,13H,5-6,10,17H2,1-4H3,(H,18,20). The van der Waals surface area contributed by atoms with Crippen LogP contribution in [0.4, 0.5) is 5.69 Å². The number of nitrogens with zero attached hydrogens (tertiary/aromatic N) is 1. The number of nitrogens with two attached hydrogens (primary N) is 1. The van der Waals surface area contributed by atoms with E-state index in [1.165, 1.54) is 4.90 Å². The van der Waals surface area contributed by atoms with Crippen LogP contribution in [0.2, 0.25) is 0 Å². The molecule has 116 valence electrons. The molecule has 3 N–H and O–H groups in total. The second kappa shape index (κ2) is 7.78. The van der Waals surface area contributed by atoms with Crippen LogP contribution >= 0.6 is 0 Å². The number of nitrogens with one attached hydrogen (secondary N) is 1. The molecule has 0 heterocycles. The van der Waals surface area contributed by atoms with Gasteiger partial charge in [-0.3, -0.25) is 9.59 Å². The van der Waals surface area contributed by atoms with Crippen molar-refractivity contribution in [3.63, 3.8) is 0 Å². The molecule has 1 rings (SSSR count). The number of carbonyl (C=O) groups is 2. The summed E-state index contributed by atoms with van der Waals surface area (Å²) < 4.78 is 0. The minimum absolute atomic E-state index is 0.0896. The topological polar surface area (TPSA) is 75.4 Å². The predicted octanol–water partition coefficient (Wildman–Crippen LogP) is 2.15. The highest BCUT2D eigenvalue weighted by molar-refractivity contribution is 5.97. The van der Waals surface area contributed by atoms with Crippen LogP contribution in [0.25, 0.3) is 0 Å². The smallest absolute Gasteiger partial charge is 0.253 e. The summed E-state index contributed by atoms with van der Waals surface area (Å²) in [5.41, 5.74) is 8.01. The van der Waals surface area contributed by atoms with E-state index in [4.69, 9.17) is 5.73 Å². The lowest BCUT2D eigenvalue weighted by molar-refractivity contribution is -0.116. The largest absolute Gasteiger partial charge is 0.345 e. The Labute approximate surface area is 126 Å². The molecule has 0 bridgehead atoms. The quantitative estimate of drug-likeness (QED) is 0.843. The van der Waals surface area contributed by atoms with Gasteiger partial charge in [-0.1, -0.05) is 19.4 Å². The summed E-state index contributed by atoms with van der Waals surface area (Å²) in [5, 5.41) is 2.84. The maximum Gasteiger partial charge on any atom is 0.253 e. The maximum atomic E-state index is 12.0. The molecule has 0 aliphatic heterocycles. The molecule has 0 saturated heterocycles. The van der Waals surface area contributed by atoms with E-state index in [2.05, 4.69) is 5.32 Å². The monoisotopic (exact) mass is 291 g/mol. The lowest BCUT2D eigenvalue weighted by atomic mass is 10.1. The van der Waals surface area contributed by atoms with Gasteiger partial charge in [0.25, 0.3) is 5.91 Å². The summed E-state index contributed by atoms with van der Waals surface area (Å²) in [6.07, 6.45) is 2.07. The van der Waals surface area contributed by atoms with Crippen molar-refractivity contribution >= 4 is 17.5 Å². The molecule has 5 nitrogen and oxygen atoms in total. The number of amides is 2. The van der Waals surface area contributed by atoms with Crippen molar-refractivity contribution in [1.82, 2.24) is 4.90 Å². The average Bonchev–Trinajstić information content (AvgIpc) is 2.40. The number of anilines is 1. The van der Waals surface area contributed by atoms with Crippen LogP contribution in [0, 0.1) is 6.92 Å². The zero-order chi connectivity index (χ0) is 16.0. The molecule has 0 aliphatic carbocycles. The minimum Gasteiger partial charge on any atom is -0.345 e. The third kappa shape index (κ3) is 5.19. The van der Waals surface area contributed by atoms with Crippen molar-refractivity contribution in [2.24, 2.45) is 5.73 Å². The lowest BCUT2D eigenvalue weighted by Gasteiger charge is -2.15. The van der Waals surface area contributed by atoms with Gasteiger partial charge in [0.1, 0.15) is 0 Å². The SMILES string of the molecule is CCCC(N)CC(=O)Nc1cc(C(=O)N(C)C)ccc1C. The number of rotatable bonds is 6. The van der Waals surface area contributed by atoms with Crippen molar-refractivity contribution in [3.8, 4) is 0 Å². The van der Waals surface area contributed by atoms with E-state index >= 15 is 0 Å². The van der Waals surface area contributed by atoms with Crippen LogP contribution in [0.15, 0.2) is 18.2 Å². The van der Waals surface area contributed by atoms with Crippen LogP contribution in [-0.2, 0) is 4.79 Å². The Morgan fingerprint density at radius 2 is 2.00 bits per heavy atom. The summed E-state index contributed by atoms with van der Waals surface area (Å²) in [6.45, 7) is 3.93. The molecule has 1 aromatic rings. The normalized spacial score (nSPS) is 11.9. The van der Waals surface area contributed by atoms with E-state index < -0.39 is 0 Å². The van der Waals surface area contributed by atoms with Gasteiger partial charge in [-0.05, 0) is 31.0 Å². The Bertz CT molecular complexity index is 512. The van der Waals surface area contributed by atoms with Crippen molar-refractivity contribution < 1.29 is 9.59 Å². The molecule has 1 atom stereocenters. The van der Waals surface area contributed by atoms with E-state index in [0.717, 1.165) is 18.4 Å². The van der Waals surface area contributed by atoms with Crippen molar-refractivity contribution in [2.45, 2.75) is 39.2 Å². The molecule has 5 heteroatoms. The Balaban J connectivity index is 2.80.